The second kappa shape index (κ2) is 7.90. The van der Waals surface area contributed by atoms with E-state index in [2.05, 4.69) is 15.5 Å². The minimum absolute atomic E-state index is 0.135. The van der Waals surface area contributed by atoms with Crippen LogP contribution in [0.4, 0.5) is 13.2 Å². The van der Waals surface area contributed by atoms with Crippen molar-refractivity contribution in [2.75, 3.05) is 6.61 Å². The zero-order chi connectivity index (χ0) is 19.4. The van der Waals surface area contributed by atoms with Gasteiger partial charge in [-0.3, -0.25) is 4.79 Å². The molecule has 0 spiro atoms. The minimum Gasteiger partial charge on any atom is -0.481 e. The van der Waals surface area contributed by atoms with Crippen molar-refractivity contribution in [2.45, 2.75) is 13.0 Å². The molecule has 3 aromatic rings. The standard InChI is InChI=1S/C18H14F3N3O3/c1-10(18-23-17(24-27-18)11-2-4-12(19)5-3-11)22-16(25)9-26-15-7-6-13(20)8-14(15)21/h2-8,10H,9H2,1H3,(H,22,25)/t10-/m0/s1. The van der Waals surface area contributed by atoms with Crippen molar-refractivity contribution >= 4 is 5.91 Å². The molecule has 0 saturated heterocycles. The molecule has 9 heteroatoms. The molecule has 0 aliphatic rings. The first-order valence-electron chi connectivity index (χ1n) is 7.89. The van der Waals surface area contributed by atoms with Gasteiger partial charge in [-0.05, 0) is 43.3 Å². The van der Waals surface area contributed by atoms with E-state index >= 15 is 0 Å². The maximum Gasteiger partial charge on any atom is 0.258 e. The topological polar surface area (TPSA) is 77.2 Å². The van der Waals surface area contributed by atoms with E-state index in [0.29, 0.717) is 11.6 Å². The first kappa shape index (κ1) is 18.4. The van der Waals surface area contributed by atoms with Gasteiger partial charge in [-0.2, -0.15) is 4.98 Å². The lowest BCUT2D eigenvalue weighted by molar-refractivity contribution is -0.123. The zero-order valence-corrected chi connectivity index (χ0v) is 14.1. The van der Waals surface area contributed by atoms with E-state index in [1.807, 2.05) is 0 Å². The average molecular weight is 377 g/mol. The lowest BCUT2D eigenvalue weighted by Crippen LogP contribution is -2.31. The van der Waals surface area contributed by atoms with Gasteiger partial charge in [-0.1, -0.05) is 5.16 Å². The number of hydrogen-bond acceptors (Lipinski definition) is 5. The van der Waals surface area contributed by atoms with Crippen molar-refractivity contribution < 1.29 is 27.2 Å². The van der Waals surface area contributed by atoms with Crippen molar-refractivity contribution in [3.8, 4) is 17.1 Å². The summed E-state index contributed by atoms with van der Waals surface area (Å²) in [6.07, 6.45) is 0. The van der Waals surface area contributed by atoms with Gasteiger partial charge in [-0.25, -0.2) is 13.2 Å². The summed E-state index contributed by atoms with van der Waals surface area (Å²) in [7, 11) is 0. The van der Waals surface area contributed by atoms with Gasteiger partial charge in [0, 0.05) is 11.6 Å². The quantitative estimate of drug-likeness (QED) is 0.712. The summed E-state index contributed by atoms with van der Waals surface area (Å²) >= 11 is 0. The Bertz CT molecular complexity index is 945. The van der Waals surface area contributed by atoms with Crippen molar-refractivity contribution in [3.05, 3.63) is 65.8 Å². The number of carbonyl (C=O) groups is 1. The number of benzene rings is 2. The Morgan fingerprint density at radius 3 is 2.56 bits per heavy atom. The van der Waals surface area contributed by atoms with Gasteiger partial charge in [0.1, 0.15) is 17.7 Å². The van der Waals surface area contributed by atoms with Crippen molar-refractivity contribution in [3.63, 3.8) is 0 Å². The molecule has 0 bridgehead atoms. The van der Waals surface area contributed by atoms with E-state index in [1.54, 1.807) is 6.92 Å². The van der Waals surface area contributed by atoms with Crippen molar-refractivity contribution in [2.24, 2.45) is 0 Å². The predicted octanol–water partition coefficient (Wildman–Crippen LogP) is 3.41. The highest BCUT2D eigenvalue weighted by molar-refractivity contribution is 5.77. The second-order valence-electron chi connectivity index (χ2n) is 5.62. The molecule has 0 aliphatic carbocycles. The Labute approximate surface area is 152 Å². The second-order valence-corrected chi connectivity index (χ2v) is 5.62. The highest BCUT2D eigenvalue weighted by atomic mass is 19.1. The first-order chi connectivity index (χ1) is 12.9. The van der Waals surface area contributed by atoms with Crippen LogP contribution >= 0.6 is 0 Å². The predicted molar refractivity (Wildman–Crippen MR) is 88.1 cm³/mol. The molecule has 1 amide bonds. The van der Waals surface area contributed by atoms with Gasteiger partial charge < -0.3 is 14.6 Å². The summed E-state index contributed by atoms with van der Waals surface area (Å²) in [5.74, 6) is -2.46. The van der Waals surface area contributed by atoms with E-state index in [1.165, 1.54) is 24.3 Å². The number of amides is 1. The van der Waals surface area contributed by atoms with Crippen LogP contribution in [0.15, 0.2) is 47.0 Å². The zero-order valence-electron chi connectivity index (χ0n) is 14.1. The molecule has 140 valence electrons. The van der Waals surface area contributed by atoms with E-state index < -0.39 is 30.2 Å². The van der Waals surface area contributed by atoms with Crippen LogP contribution in [0, 0.1) is 17.5 Å². The van der Waals surface area contributed by atoms with Crippen LogP contribution in [0.2, 0.25) is 0 Å². The summed E-state index contributed by atoms with van der Waals surface area (Å²) in [4.78, 5) is 16.1. The molecule has 0 fully saturated rings. The van der Waals surface area contributed by atoms with Gasteiger partial charge in [0.15, 0.2) is 18.2 Å². The fourth-order valence-corrected chi connectivity index (χ4v) is 2.21. The lowest BCUT2D eigenvalue weighted by Gasteiger charge is -2.11. The molecule has 1 heterocycles. The normalized spacial score (nSPS) is 11.9. The molecular weight excluding hydrogens is 363 g/mol. The van der Waals surface area contributed by atoms with Gasteiger partial charge in [0.2, 0.25) is 11.7 Å². The van der Waals surface area contributed by atoms with Crippen LogP contribution in [0.1, 0.15) is 18.9 Å². The molecule has 0 radical (unpaired) electrons. The highest BCUT2D eigenvalue weighted by Gasteiger charge is 2.18. The van der Waals surface area contributed by atoms with Crippen LogP contribution in [-0.4, -0.2) is 22.7 Å². The monoisotopic (exact) mass is 377 g/mol. The third-order valence-electron chi connectivity index (χ3n) is 3.54. The molecule has 27 heavy (non-hydrogen) atoms. The summed E-state index contributed by atoms with van der Waals surface area (Å²) in [6.45, 7) is 1.13. The summed E-state index contributed by atoms with van der Waals surface area (Å²) in [6, 6.07) is 7.66. The summed E-state index contributed by atoms with van der Waals surface area (Å²) < 4.78 is 49.4. The van der Waals surface area contributed by atoms with Gasteiger partial charge >= 0.3 is 0 Å². The summed E-state index contributed by atoms with van der Waals surface area (Å²) in [5.41, 5.74) is 0.556. The van der Waals surface area contributed by atoms with Crippen molar-refractivity contribution in [1.29, 1.82) is 0 Å². The number of nitrogens with zero attached hydrogens (tertiary/aromatic N) is 2. The Morgan fingerprint density at radius 2 is 1.85 bits per heavy atom. The maximum absolute atomic E-state index is 13.5. The third-order valence-corrected chi connectivity index (χ3v) is 3.54. The minimum atomic E-state index is -0.906. The lowest BCUT2D eigenvalue weighted by atomic mass is 10.2. The number of hydrogen-bond donors (Lipinski definition) is 1. The number of rotatable bonds is 6. The number of halogens is 3. The van der Waals surface area contributed by atoms with Crippen LogP contribution in [-0.2, 0) is 4.79 Å². The molecular formula is C18H14F3N3O3. The van der Waals surface area contributed by atoms with Crippen LogP contribution in [0.3, 0.4) is 0 Å². The number of aromatic nitrogens is 2. The maximum atomic E-state index is 13.5. The SMILES string of the molecule is C[C@H](NC(=O)COc1ccc(F)cc1F)c1nc(-c2ccc(F)cc2)no1. The Hall–Kier alpha value is -3.36. The number of carbonyl (C=O) groups excluding carboxylic acids is 1. The molecule has 3 rings (SSSR count). The molecule has 0 saturated carbocycles. The molecule has 6 nitrogen and oxygen atoms in total. The first-order valence-corrected chi connectivity index (χ1v) is 7.89. The Kier molecular flexibility index (Phi) is 5.39. The largest absolute Gasteiger partial charge is 0.481 e. The average Bonchev–Trinajstić information content (AvgIpc) is 3.12. The van der Waals surface area contributed by atoms with Gasteiger partial charge in [-0.15, -0.1) is 0 Å². The fraction of sp³-hybridized carbons (Fsp3) is 0.167. The van der Waals surface area contributed by atoms with E-state index in [0.717, 1.165) is 12.1 Å². The third kappa shape index (κ3) is 4.63. The van der Waals surface area contributed by atoms with Crippen LogP contribution in [0.5, 0.6) is 5.75 Å². The van der Waals surface area contributed by atoms with Gasteiger partial charge in [0.25, 0.3) is 5.91 Å². The fourth-order valence-electron chi connectivity index (χ4n) is 2.21. The van der Waals surface area contributed by atoms with Crippen molar-refractivity contribution in [1.82, 2.24) is 15.5 Å². The molecule has 1 atom stereocenters. The van der Waals surface area contributed by atoms with Crippen LogP contribution < -0.4 is 10.1 Å². The van der Waals surface area contributed by atoms with Gasteiger partial charge in [0.05, 0.1) is 0 Å². The van der Waals surface area contributed by atoms with E-state index in [-0.39, 0.29) is 23.3 Å². The number of ether oxygens (including phenoxy) is 1. The Balaban J connectivity index is 1.57. The summed E-state index contributed by atoms with van der Waals surface area (Å²) in [5, 5.41) is 6.34. The number of nitrogens with one attached hydrogen (secondary N) is 1. The molecule has 1 aromatic heterocycles. The van der Waals surface area contributed by atoms with E-state index in [4.69, 9.17) is 9.26 Å². The smallest absolute Gasteiger partial charge is 0.258 e. The van der Waals surface area contributed by atoms with Crippen LogP contribution in [0.25, 0.3) is 11.4 Å². The molecule has 0 unspecified atom stereocenters. The molecule has 1 N–H and O–H groups in total. The Morgan fingerprint density at radius 1 is 1.15 bits per heavy atom. The highest BCUT2D eigenvalue weighted by Crippen LogP contribution is 2.20. The molecule has 2 aromatic carbocycles. The van der Waals surface area contributed by atoms with E-state index in [9.17, 15) is 18.0 Å². The molecule has 0 aliphatic heterocycles.